The minimum absolute atomic E-state index is 0.0507. The van der Waals surface area contributed by atoms with Gasteiger partial charge in [-0.05, 0) is 31.1 Å². The van der Waals surface area contributed by atoms with E-state index in [2.05, 4.69) is 13.8 Å². The second kappa shape index (κ2) is 4.94. The molecule has 2 fully saturated rings. The molecule has 1 aliphatic heterocycles. The van der Waals surface area contributed by atoms with Crippen LogP contribution in [0.2, 0.25) is 0 Å². The number of nitrogens with two attached hydrogens (primary N) is 1. The monoisotopic (exact) mass is 241 g/mol. The Morgan fingerprint density at radius 2 is 2.12 bits per heavy atom. The summed E-state index contributed by atoms with van der Waals surface area (Å²) in [5, 5.41) is 0. The van der Waals surface area contributed by atoms with Crippen molar-refractivity contribution in [2.45, 2.75) is 51.2 Å². The van der Waals surface area contributed by atoms with Crippen LogP contribution in [0.4, 0.5) is 0 Å². The summed E-state index contributed by atoms with van der Waals surface area (Å²) in [5.41, 5.74) is 5.09. The molecule has 0 radical (unpaired) electrons. The molecule has 2 rings (SSSR count). The zero-order valence-corrected chi connectivity index (χ0v) is 10.8. The van der Waals surface area contributed by atoms with Crippen molar-refractivity contribution < 1.29 is 14.3 Å². The summed E-state index contributed by atoms with van der Waals surface area (Å²) in [5.74, 6) is 1.07. The van der Waals surface area contributed by atoms with E-state index >= 15 is 0 Å². The number of esters is 1. The maximum Gasteiger partial charge on any atom is 0.328 e. The lowest BCUT2D eigenvalue weighted by atomic mass is 9.80. The van der Waals surface area contributed by atoms with Gasteiger partial charge < -0.3 is 15.2 Å². The number of hydrogen-bond acceptors (Lipinski definition) is 4. The largest absolute Gasteiger partial charge is 0.461 e. The highest BCUT2D eigenvalue weighted by atomic mass is 16.6. The minimum Gasteiger partial charge on any atom is -0.461 e. The summed E-state index contributed by atoms with van der Waals surface area (Å²) in [6.07, 6.45) is 3.69. The van der Waals surface area contributed by atoms with E-state index < -0.39 is 5.54 Å². The highest BCUT2D eigenvalue weighted by Gasteiger charge is 2.41. The quantitative estimate of drug-likeness (QED) is 0.744. The van der Waals surface area contributed by atoms with Gasteiger partial charge in [0.05, 0.1) is 6.61 Å². The molecule has 0 aromatic rings. The van der Waals surface area contributed by atoms with Crippen LogP contribution in [-0.4, -0.2) is 30.8 Å². The van der Waals surface area contributed by atoms with E-state index in [1.165, 1.54) is 0 Å². The molecule has 4 nitrogen and oxygen atoms in total. The molecule has 1 saturated heterocycles. The molecular weight excluding hydrogens is 218 g/mol. The number of carbonyl (C=O) groups excluding carboxylic acids is 1. The molecule has 2 N–H and O–H groups in total. The van der Waals surface area contributed by atoms with Gasteiger partial charge in [-0.1, -0.05) is 13.8 Å². The Balaban J connectivity index is 1.86. The molecule has 1 heterocycles. The Morgan fingerprint density at radius 1 is 1.35 bits per heavy atom. The van der Waals surface area contributed by atoms with Gasteiger partial charge in [-0.2, -0.15) is 0 Å². The normalized spacial score (nSPS) is 42.4. The van der Waals surface area contributed by atoms with E-state index in [1.54, 1.807) is 0 Å². The first kappa shape index (κ1) is 12.8. The molecule has 2 aliphatic rings. The Bertz CT molecular complexity index is 286. The van der Waals surface area contributed by atoms with E-state index in [0.29, 0.717) is 25.6 Å². The fraction of sp³-hybridized carbons (Fsp3) is 0.923. The Morgan fingerprint density at radius 3 is 2.71 bits per heavy atom. The van der Waals surface area contributed by atoms with Crippen molar-refractivity contribution in [1.82, 2.24) is 0 Å². The van der Waals surface area contributed by atoms with Crippen LogP contribution in [0.1, 0.15) is 39.5 Å². The van der Waals surface area contributed by atoms with Gasteiger partial charge in [0.1, 0.15) is 11.6 Å². The first-order valence-electron chi connectivity index (χ1n) is 6.59. The molecule has 0 spiro atoms. The molecule has 0 aromatic carbocycles. The number of hydrogen-bond donors (Lipinski definition) is 1. The van der Waals surface area contributed by atoms with Gasteiger partial charge in [0.25, 0.3) is 0 Å². The van der Waals surface area contributed by atoms with Crippen LogP contribution in [0, 0.1) is 11.8 Å². The van der Waals surface area contributed by atoms with Crippen molar-refractivity contribution in [3.05, 3.63) is 0 Å². The predicted molar refractivity (Wildman–Crippen MR) is 64.4 cm³/mol. The fourth-order valence-corrected chi connectivity index (χ4v) is 2.62. The average Bonchev–Trinajstić information content (AvgIpc) is 2.72. The highest BCUT2D eigenvalue weighted by Crippen LogP contribution is 2.32. The van der Waals surface area contributed by atoms with Crippen LogP contribution >= 0.6 is 0 Å². The Hall–Kier alpha value is -0.610. The average molecular weight is 241 g/mol. The van der Waals surface area contributed by atoms with Gasteiger partial charge in [0.15, 0.2) is 0 Å². The van der Waals surface area contributed by atoms with Crippen molar-refractivity contribution in [2.75, 3.05) is 13.2 Å². The summed E-state index contributed by atoms with van der Waals surface area (Å²) < 4.78 is 10.7. The summed E-state index contributed by atoms with van der Waals surface area (Å²) in [6.45, 7) is 5.34. The van der Waals surface area contributed by atoms with Gasteiger partial charge in [-0.15, -0.1) is 0 Å². The SMILES string of the molecule is CC1CCC(OC(=O)C2(N)CCOC2)CC1C. The van der Waals surface area contributed by atoms with Crippen molar-refractivity contribution in [3.8, 4) is 0 Å². The van der Waals surface area contributed by atoms with Gasteiger partial charge in [-0.25, -0.2) is 4.79 Å². The van der Waals surface area contributed by atoms with Gasteiger partial charge in [-0.3, -0.25) is 0 Å². The summed E-state index contributed by atoms with van der Waals surface area (Å²) in [7, 11) is 0. The van der Waals surface area contributed by atoms with Crippen molar-refractivity contribution >= 4 is 5.97 Å². The van der Waals surface area contributed by atoms with E-state index in [-0.39, 0.29) is 12.1 Å². The third-order valence-corrected chi connectivity index (χ3v) is 4.28. The maximum atomic E-state index is 12.0. The molecular formula is C13H23NO3. The minimum atomic E-state index is -0.897. The highest BCUT2D eigenvalue weighted by molar-refractivity contribution is 5.81. The second-order valence-corrected chi connectivity index (χ2v) is 5.75. The van der Waals surface area contributed by atoms with Gasteiger partial charge >= 0.3 is 5.97 Å². The van der Waals surface area contributed by atoms with E-state index in [1.807, 2.05) is 0 Å². The lowest BCUT2D eigenvalue weighted by molar-refractivity contribution is -0.158. The standard InChI is InChI=1S/C13H23NO3/c1-9-3-4-11(7-10(9)2)17-12(15)13(14)5-6-16-8-13/h9-11H,3-8,14H2,1-2H3. The van der Waals surface area contributed by atoms with Crippen LogP contribution in [0.25, 0.3) is 0 Å². The topological polar surface area (TPSA) is 61.5 Å². The summed E-state index contributed by atoms with van der Waals surface area (Å²) in [4.78, 5) is 12.0. The Kier molecular flexibility index (Phi) is 3.73. The molecule has 4 atom stereocenters. The molecule has 4 heteroatoms. The molecule has 0 amide bonds. The molecule has 98 valence electrons. The smallest absolute Gasteiger partial charge is 0.328 e. The first-order valence-corrected chi connectivity index (χ1v) is 6.59. The van der Waals surface area contributed by atoms with Gasteiger partial charge in [0.2, 0.25) is 0 Å². The predicted octanol–water partition coefficient (Wildman–Crippen LogP) is 1.47. The van der Waals surface area contributed by atoms with E-state index in [0.717, 1.165) is 25.2 Å². The number of ether oxygens (including phenoxy) is 2. The first-order chi connectivity index (χ1) is 8.01. The molecule has 1 aliphatic carbocycles. The molecule has 0 bridgehead atoms. The van der Waals surface area contributed by atoms with Crippen LogP contribution in [0.3, 0.4) is 0 Å². The molecule has 17 heavy (non-hydrogen) atoms. The number of rotatable bonds is 2. The van der Waals surface area contributed by atoms with Crippen LogP contribution in [0.15, 0.2) is 0 Å². The van der Waals surface area contributed by atoms with Crippen LogP contribution < -0.4 is 5.73 Å². The second-order valence-electron chi connectivity index (χ2n) is 5.75. The maximum absolute atomic E-state index is 12.0. The number of carbonyl (C=O) groups is 1. The molecule has 4 unspecified atom stereocenters. The zero-order chi connectivity index (χ0) is 12.5. The van der Waals surface area contributed by atoms with Crippen LogP contribution in [-0.2, 0) is 14.3 Å². The van der Waals surface area contributed by atoms with Crippen LogP contribution in [0.5, 0.6) is 0 Å². The third kappa shape index (κ3) is 2.80. The Labute approximate surface area is 103 Å². The van der Waals surface area contributed by atoms with Crippen molar-refractivity contribution in [2.24, 2.45) is 17.6 Å². The summed E-state index contributed by atoms with van der Waals surface area (Å²) in [6, 6.07) is 0. The lowest BCUT2D eigenvalue weighted by Crippen LogP contribution is -2.51. The third-order valence-electron chi connectivity index (χ3n) is 4.28. The van der Waals surface area contributed by atoms with E-state index in [4.69, 9.17) is 15.2 Å². The molecule has 0 aromatic heterocycles. The van der Waals surface area contributed by atoms with Gasteiger partial charge in [0, 0.05) is 13.0 Å². The summed E-state index contributed by atoms with van der Waals surface area (Å²) >= 11 is 0. The zero-order valence-electron chi connectivity index (χ0n) is 10.8. The van der Waals surface area contributed by atoms with E-state index in [9.17, 15) is 4.79 Å². The molecule has 1 saturated carbocycles. The lowest BCUT2D eigenvalue weighted by Gasteiger charge is -2.33. The van der Waals surface area contributed by atoms with Crippen molar-refractivity contribution in [3.63, 3.8) is 0 Å². The fourth-order valence-electron chi connectivity index (χ4n) is 2.62. The van der Waals surface area contributed by atoms with Crippen molar-refractivity contribution in [1.29, 1.82) is 0 Å².